The molecule has 0 amide bonds. The quantitative estimate of drug-likeness (QED) is 0.142. The molecule has 2 fully saturated rings. The molecule has 34 heavy (non-hydrogen) atoms. The number of ether oxygens (including phenoxy) is 5. The van der Waals surface area contributed by atoms with Gasteiger partial charge in [0.05, 0.1) is 12.8 Å². The van der Waals surface area contributed by atoms with Gasteiger partial charge in [0.1, 0.15) is 62.0 Å². The molecule has 0 unspecified atom stereocenters. The van der Waals surface area contributed by atoms with Gasteiger partial charge < -0.3 is 59.4 Å². The first-order valence-electron chi connectivity index (χ1n) is 10.5. The Morgan fingerprint density at radius 2 is 1.12 bits per heavy atom. The van der Waals surface area contributed by atoms with E-state index in [1.165, 1.54) is 6.92 Å². The average Bonchev–Trinajstić information content (AvgIpc) is 2.81. The van der Waals surface area contributed by atoms with Crippen LogP contribution in [0, 0.1) is 0 Å². The lowest BCUT2D eigenvalue weighted by Gasteiger charge is -2.44. The molecule has 0 radical (unpaired) electrons. The highest BCUT2D eigenvalue weighted by atomic mass is 16.8. The Bertz CT molecular complexity index is 701. The van der Waals surface area contributed by atoms with Crippen LogP contribution in [0.15, 0.2) is 0 Å². The second-order valence-corrected chi connectivity index (χ2v) is 7.78. The van der Waals surface area contributed by atoms with E-state index in [2.05, 4.69) is 0 Å². The normalized spacial score (nSPS) is 38.2. The molecular weight excluding hydrogens is 468 g/mol. The van der Waals surface area contributed by atoms with E-state index in [0.29, 0.717) is 0 Å². The molecule has 2 aliphatic heterocycles. The fourth-order valence-electron chi connectivity index (χ4n) is 3.20. The van der Waals surface area contributed by atoms with E-state index in [1.54, 1.807) is 0 Å². The number of carboxylic acid groups (broad SMARTS) is 1. The van der Waals surface area contributed by atoms with E-state index in [-0.39, 0.29) is 6.42 Å². The smallest absolute Gasteiger partial charge is 0.306 e. The maximum Gasteiger partial charge on any atom is 0.306 e. The highest BCUT2D eigenvalue weighted by Crippen LogP contribution is 2.28. The van der Waals surface area contributed by atoms with Crippen LogP contribution in [-0.2, 0) is 38.1 Å². The standard InChI is InChI=1S/C19H30O15/c1-2-10(22)30-5-7-12(24)14(26)16(28)18(32-7)34-19-17(29)15(27)13(25)8(33-19)6-31-11(23)4-3-9(20)21/h7-8,12-19,24-29H,2-6H2,1H3,(H,20,21)/t7-,8-,12-,13-,14+,15+,16-,17-,18-,19-/m1/s1. The Morgan fingerprint density at radius 3 is 1.53 bits per heavy atom. The van der Waals surface area contributed by atoms with Crippen LogP contribution >= 0.6 is 0 Å². The van der Waals surface area contributed by atoms with Gasteiger partial charge in [-0.25, -0.2) is 0 Å². The zero-order valence-electron chi connectivity index (χ0n) is 18.2. The predicted molar refractivity (Wildman–Crippen MR) is 104 cm³/mol. The molecule has 0 aromatic rings. The second-order valence-electron chi connectivity index (χ2n) is 7.78. The van der Waals surface area contributed by atoms with Crippen LogP contribution in [0.1, 0.15) is 26.2 Å². The molecule has 15 nitrogen and oxygen atoms in total. The van der Waals surface area contributed by atoms with Crippen molar-refractivity contribution in [3.63, 3.8) is 0 Å². The van der Waals surface area contributed by atoms with Gasteiger partial charge >= 0.3 is 17.9 Å². The number of carboxylic acids is 1. The van der Waals surface area contributed by atoms with Crippen LogP contribution in [-0.4, -0.2) is 128 Å². The first-order chi connectivity index (χ1) is 16.0. The molecule has 2 rings (SSSR count). The van der Waals surface area contributed by atoms with Crippen LogP contribution in [0.2, 0.25) is 0 Å². The molecule has 0 aliphatic carbocycles. The molecular formula is C19H30O15. The summed E-state index contributed by atoms with van der Waals surface area (Å²) >= 11 is 0. The average molecular weight is 498 g/mol. The Hall–Kier alpha value is -1.95. The van der Waals surface area contributed by atoms with Crippen molar-refractivity contribution in [2.45, 2.75) is 87.6 Å². The lowest BCUT2D eigenvalue weighted by Crippen LogP contribution is -2.64. The lowest BCUT2D eigenvalue weighted by atomic mass is 9.98. The number of hydrogen-bond donors (Lipinski definition) is 7. The minimum Gasteiger partial charge on any atom is -0.481 e. The summed E-state index contributed by atoms with van der Waals surface area (Å²) in [6.45, 7) is 0.419. The minimum atomic E-state index is -1.87. The molecule has 0 aromatic heterocycles. The van der Waals surface area contributed by atoms with Crippen molar-refractivity contribution in [3.05, 3.63) is 0 Å². The van der Waals surface area contributed by atoms with Crippen LogP contribution in [0.5, 0.6) is 0 Å². The summed E-state index contributed by atoms with van der Waals surface area (Å²) in [5.74, 6) is -2.75. The molecule has 2 aliphatic rings. The first kappa shape index (κ1) is 28.3. The third-order valence-corrected chi connectivity index (χ3v) is 5.25. The Labute approximate surface area is 193 Å². The Balaban J connectivity index is 2.02. The maximum atomic E-state index is 11.6. The number of aliphatic hydroxyl groups is 6. The number of aliphatic carboxylic acids is 1. The molecule has 196 valence electrons. The fourth-order valence-corrected chi connectivity index (χ4v) is 3.20. The largest absolute Gasteiger partial charge is 0.481 e. The minimum absolute atomic E-state index is 0.0402. The highest BCUT2D eigenvalue weighted by molar-refractivity contribution is 5.76. The number of carbonyl (C=O) groups excluding carboxylic acids is 2. The summed E-state index contributed by atoms with van der Waals surface area (Å²) in [6.07, 6.45) is -17.9. The van der Waals surface area contributed by atoms with E-state index < -0.39 is 105 Å². The summed E-state index contributed by atoms with van der Waals surface area (Å²) < 4.78 is 25.7. The van der Waals surface area contributed by atoms with Gasteiger partial charge in [0.15, 0.2) is 12.6 Å². The Kier molecular flexibility index (Phi) is 10.5. The number of esters is 2. The zero-order valence-corrected chi connectivity index (χ0v) is 18.2. The zero-order chi connectivity index (χ0) is 25.6. The van der Waals surface area contributed by atoms with Crippen molar-refractivity contribution in [2.24, 2.45) is 0 Å². The molecule has 10 atom stereocenters. The maximum absolute atomic E-state index is 11.6. The van der Waals surface area contributed by atoms with E-state index in [1.807, 2.05) is 0 Å². The van der Waals surface area contributed by atoms with E-state index in [9.17, 15) is 45.0 Å². The molecule has 0 bridgehead atoms. The van der Waals surface area contributed by atoms with E-state index in [0.717, 1.165) is 0 Å². The van der Waals surface area contributed by atoms with Gasteiger partial charge in [0, 0.05) is 6.42 Å². The van der Waals surface area contributed by atoms with Gasteiger partial charge in [0.2, 0.25) is 0 Å². The fraction of sp³-hybridized carbons (Fsp3) is 0.842. The Morgan fingerprint density at radius 1 is 0.676 bits per heavy atom. The second kappa shape index (κ2) is 12.7. The molecule has 0 aromatic carbocycles. The van der Waals surface area contributed by atoms with Crippen molar-refractivity contribution in [2.75, 3.05) is 13.2 Å². The number of aliphatic hydroxyl groups excluding tert-OH is 6. The predicted octanol–water partition coefficient (Wildman–Crippen LogP) is -4.02. The summed E-state index contributed by atoms with van der Waals surface area (Å²) in [5, 5.41) is 69.4. The number of hydrogen-bond acceptors (Lipinski definition) is 14. The SMILES string of the molecule is CCC(=O)OC[C@H]1O[C@H](O[C@H]2O[C@H](COC(=O)CCC(=O)O)[C@@H](O)[C@H](O)[C@H]2O)[C@H](O)[C@@H](O)[C@@H]1O. The van der Waals surface area contributed by atoms with Gasteiger partial charge in [-0.2, -0.15) is 0 Å². The molecule has 2 heterocycles. The molecule has 0 spiro atoms. The van der Waals surface area contributed by atoms with Crippen molar-refractivity contribution in [1.29, 1.82) is 0 Å². The molecule has 0 saturated carbocycles. The molecule has 7 N–H and O–H groups in total. The lowest BCUT2D eigenvalue weighted by molar-refractivity contribution is -0.376. The summed E-state index contributed by atoms with van der Waals surface area (Å²) in [4.78, 5) is 33.5. The topological polar surface area (TPSA) is 239 Å². The number of rotatable bonds is 10. The first-order valence-corrected chi connectivity index (χ1v) is 10.5. The van der Waals surface area contributed by atoms with Crippen molar-refractivity contribution in [1.82, 2.24) is 0 Å². The summed E-state index contributed by atoms with van der Waals surface area (Å²) in [5.41, 5.74) is 0. The van der Waals surface area contributed by atoms with E-state index >= 15 is 0 Å². The van der Waals surface area contributed by atoms with Gasteiger partial charge in [-0.15, -0.1) is 0 Å². The van der Waals surface area contributed by atoms with Gasteiger partial charge in [0.25, 0.3) is 0 Å². The van der Waals surface area contributed by atoms with Crippen molar-refractivity contribution in [3.8, 4) is 0 Å². The third-order valence-electron chi connectivity index (χ3n) is 5.25. The van der Waals surface area contributed by atoms with Crippen molar-refractivity contribution >= 4 is 17.9 Å². The summed E-state index contributed by atoms with van der Waals surface area (Å²) in [6, 6.07) is 0. The molecule has 15 heteroatoms. The van der Waals surface area contributed by atoms with Crippen LogP contribution in [0.4, 0.5) is 0 Å². The van der Waals surface area contributed by atoms with Crippen LogP contribution in [0.25, 0.3) is 0 Å². The number of carbonyl (C=O) groups is 3. The van der Waals surface area contributed by atoms with Crippen LogP contribution < -0.4 is 0 Å². The van der Waals surface area contributed by atoms with Gasteiger partial charge in [-0.05, 0) is 0 Å². The van der Waals surface area contributed by atoms with Crippen LogP contribution in [0.3, 0.4) is 0 Å². The summed E-state index contributed by atoms with van der Waals surface area (Å²) in [7, 11) is 0. The molecule has 2 saturated heterocycles. The van der Waals surface area contributed by atoms with Gasteiger partial charge in [-0.3, -0.25) is 14.4 Å². The third kappa shape index (κ3) is 7.27. The van der Waals surface area contributed by atoms with Crippen molar-refractivity contribution < 1.29 is 73.8 Å². The highest BCUT2D eigenvalue weighted by Gasteiger charge is 2.50. The van der Waals surface area contributed by atoms with E-state index in [4.69, 9.17) is 28.8 Å². The monoisotopic (exact) mass is 498 g/mol. The van der Waals surface area contributed by atoms with Gasteiger partial charge in [-0.1, -0.05) is 6.92 Å².